The minimum Gasteiger partial charge on any atom is -0.356 e. The van der Waals surface area contributed by atoms with Gasteiger partial charge in [-0.3, -0.25) is 30.0 Å². The summed E-state index contributed by atoms with van der Waals surface area (Å²) < 4.78 is 0. The van der Waals surface area contributed by atoms with Crippen molar-refractivity contribution in [3.05, 3.63) is 48.8 Å². The van der Waals surface area contributed by atoms with Crippen molar-refractivity contribution in [3.8, 4) is 0 Å². The first-order valence-corrected chi connectivity index (χ1v) is 18.0. The molecule has 8 N–H and O–H groups in total. The lowest BCUT2D eigenvalue weighted by atomic mass is 10.2. The number of nitrogens with two attached hydrogens (primary N) is 2. The van der Waals surface area contributed by atoms with Crippen molar-refractivity contribution < 1.29 is 19.2 Å². The van der Waals surface area contributed by atoms with Crippen molar-refractivity contribution >= 4 is 66.8 Å². The van der Waals surface area contributed by atoms with Crippen molar-refractivity contribution in [1.29, 1.82) is 0 Å². The molecule has 2 aromatic rings. The Morgan fingerprint density at radius 1 is 0.595 bits per heavy atom. The minimum atomic E-state index is -0.219. The van der Waals surface area contributed by atoms with Crippen molar-refractivity contribution in [1.82, 2.24) is 31.5 Å². The third-order valence-corrected chi connectivity index (χ3v) is 9.55. The van der Waals surface area contributed by atoms with Crippen LogP contribution in [0.3, 0.4) is 0 Å². The fraction of sp³-hybridized carbons (Fsp3) is 0.462. The molecule has 2 rings (SSSR count). The lowest BCUT2D eigenvalue weighted by Gasteiger charge is -2.07. The summed E-state index contributed by atoms with van der Waals surface area (Å²) in [5.74, 6) is 10.9. The number of rotatable bonds is 20. The normalized spacial score (nSPS) is 10.1. The number of hydrazine groups is 2. The summed E-state index contributed by atoms with van der Waals surface area (Å²) in [6.07, 6.45) is 8.18. The second-order valence-corrected chi connectivity index (χ2v) is 13.3. The highest BCUT2D eigenvalue weighted by Crippen LogP contribution is 2.29. The summed E-state index contributed by atoms with van der Waals surface area (Å²) in [4.78, 5) is 53.2. The van der Waals surface area contributed by atoms with E-state index in [-0.39, 0.29) is 23.6 Å². The Kier molecular flexibility index (Phi) is 23.4. The van der Waals surface area contributed by atoms with Crippen LogP contribution in [-0.4, -0.2) is 58.2 Å². The summed E-state index contributed by atoms with van der Waals surface area (Å²) in [5, 5.41) is 7.76. The van der Waals surface area contributed by atoms with Crippen molar-refractivity contribution in [3.63, 3.8) is 0 Å². The molecule has 42 heavy (non-hydrogen) atoms. The number of pyridine rings is 2. The van der Waals surface area contributed by atoms with Crippen molar-refractivity contribution in [2.45, 2.75) is 61.4 Å². The van der Waals surface area contributed by atoms with Crippen LogP contribution in [0.5, 0.6) is 0 Å². The molecule has 0 unspecified atom stereocenters. The van der Waals surface area contributed by atoms with Gasteiger partial charge in [0.25, 0.3) is 0 Å². The predicted octanol–water partition coefficient (Wildman–Crippen LogP) is 2.98. The predicted molar refractivity (Wildman–Crippen MR) is 173 cm³/mol. The van der Waals surface area contributed by atoms with Crippen LogP contribution < -0.4 is 33.2 Å². The van der Waals surface area contributed by atoms with Gasteiger partial charge in [0.05, 0.1) is 0 Å². The summed E-state index contributed by atoms with van der Waals surface area (Å²) >= 11 is 0. The van der Waals surface area contributed by atoms with Gasteiger partial charge in [-0.1, -0.05) is 33.7 Å². The third kappa shape index (κ3) is 22.1. The highest BCUT2D eigenvalue weighted by molar-refractivity contribution is 8.77. The molecule has 4 amide bonds. The van der Waals surface area contributed by atoms with E-state index in [2.05, 4.69) is 20.6 Å². The fourth-order valence-corrected chi connectivity index (χ4v) is 6.60. The highest BCUT2D eigenvalue weighted by atomic mass is 33.1. The van der Waals surface area contributed by atoms with Gasteiger partial charge < -0.3 is 10.6 Å². The molecule has 0 aliphatic carbocycles. The molecule has 16 heteroatoms. The number of nitrogens with zero attached hydrogens (tertiary/aromatic N) is 2. The monoisotopic (exact) mass is 656 g/mol. The molecule has 0 spiro atoms. The van der Waals surface area contributed by atoms with Gasteiger partial charge in [-0.05, 0) is 71.5 Å². The molecule has 0 aliphatic heterocycles. The van der Waals surface area contributed by atoms with Crippen LogP contribution >= 0.6 is 43.2 Å². The molecule has 0 radical (unpaired) electrons. The number of hydrogen-bond acceptors (Lipinski definition) is 12. The standard InChI is InChI=1S/C20H26N4O2S4.C6H14N4O2/c25-17(9-15-27-29-19-7-1-3-13-23-19)21-11-5-6-12-22-18(26)10-16-28-30-20-8-2-4-14-24-20;7-9-5(11)3-1-2-4-6(12)10-8/h1-4,7-8,13-14H,5-6,9-12,15-16H2,(H,21,25)(H,22,26);1-4,7-8H2,(H,9,11)(H,10,12). The van der Waals surface area contributed by atoms with Gasteiger partial charge in [0.2, 0.25) is 23.6 Å². The number of carbonyl (C=O) groups is 4. The molecule has 2 heterocycles. The molecular formula is C26H40N8O4S4. The Morgan fingerprint density at radius 3 is 1.38 bits per heavy atom. The van der Waals surface area contributed by atoms with Crippen molar-refractivity contribution in [2.75, 3.05) is 24.6 Å². The number of amides is 4. The zero-order valence-electron chi connectivity index (χ0n) is 23.4. The Labute approximate surface area is 263 Å². The summed E-state index contributed by atoms with van der Waals surface area (Å²) in [6.45, 7) is 1.28. The molecule has 0 aliphatic rings. The maximum Gasteiger partial charge on any atom is 0.233 e. The van der Waals surface area contributed by atoms with Crippen molar-refractivity contribution in [2.24, 2.45) is 11.7 Å². The molecule has 0 fully saturated rings. The lowest BCUT2D eigenvalue weighted by molar-refractivity contribution is -0.123. The van der Waals surface area contributed by atoms with Crippen LogP contribution in [0, 0.1) is 0 Å². The average Bonchev–Trinajstić information content (AvgIpc) is 3.02. The van der Waals surface area contributed by atoms with Gasteiger partial charge in [0.1, 0.15) is 10.1 Å². The van der Waals surface area contributed by atoms with E-state index in [0.717, 1.165) is 34.4 Å². The van der Waals surface area contributed by atoms with Crippen LogP contribution in [-0.2, 0) is 19.2 Å². The summed E-state index contributed by atoms with van der Waals surface area (Å²) in [6, 6.07) is 11.6. The number of nitrogens with one attached hydrogen (secondary N) is 4. The van der Waals surface area contributed by atoms with Gasteiger partial charge in [-0.2, -0.15) is 0 Å². The van der Waals surface area contributed by atoms with E-state index in [1.165, 1.54) is 0 Å². The van der Waals surface area contributed by atoms with Gasteiger partial charge in [0, 0.05) is 62.7 Å². The van der Waals surface area contributed by atoms with Crippen LogP contribution in [0.2, 0.25) is 0 Å². The number of hydrogen-bond donors (Lipinski definition) is 6. The SMILES string of the molecule is NNC(=O)CCCCC(=O)NN.O=C(CCSSc1ccccn1)NCCCCNC(=O)CCSSc1ccccn1. The Balaban J connectivity index is 0.000000619. The lowest BCUT2D eigenvalue weighted by Crippen LogP contribution is -2.30. The molecule has 0 atom stereocenters. The number of aromatic nitrogens is 2. The largest absolute Gasteiger partial charge is 0.356 e. The Morgan fingerprint density at radius 2 is 1.02 bits per heavy atom. The quantitative estimate of drug-likeness (QED) is 0.0402. The topological polar surface area (TPSA) is 194 Å². The molecule has 0 bridgehead atoms. The molecule has 232 valence electrons. The minimum absolute atomic E-state index is 0.0654. The number of carbonyl (C=O) groups excluding carboxylic acids is 4. The van der Waals surface area contributed by atoms with Crippen LogP contribution in [0.1, 0.15) is 51.4 Å². The van der Waals surface area contributed by atoms with Gasteiger partial charge in [-0.15, -0.1) is 0 Å². The van der Waals surface area contributed by atoms with E-state index in [0.29, 0.717) is 51.6 Å². The maximum absolute atomic E-state index is 11.8. The second-order valence-electron chi connectivity index (χ2n) is 8.40. The van der Waals surface area contributed by atoms with E-state index < -0.39 is 0 Å². The van der Waals surface area contributed by atoms with E-state index in [9.17, 15) is 19.2 Å². The zero-order chi connectivity index (χ0) is 30.7. The Hall–Kier alpha value is -2.50. The van der Waals surface area contributed by atoms with Crippen LogP contribution in [0.15, 0.2) is 58.8 Å². The summed E-state index contributed by atoms with van der Waals surface area (Å²) in [5.41, 5.74) is 4.01. The molecule has 0 saturated carbocycles. The van der Waals surface area contributed by atoms with E-state index in [1.807, 2.05) is 47.2 Å². The van der Waals surface area contributed by atoms with E-state index >= 15 is 0 Å². The van der Waals surface area contributed by atoms with Crippen LogP contribution in [0.25, 0.3) is 0 Å². The second kappa shape index (κ2) is 26.2. The molecule has 12 nitrogen and oxygen atoms in total. The molecule has 0 aromatic carbocycles. The van der Waals surface area contributed by atoms with E-state index in [4.69, 9.17) is 11.7 Å². The summed E-state index contributed by atoms with van der Waals surface area (Å²) in [7, 11) is 6.43. The first-order chi connectivity index (χ1) is 20.4. The fourth-order valence-electron chi connectivity index (χ4n) is 2.86. The molecule has 0 saturated heterocycles. The number of unbranched alkanes of at least 4 members (excludes halogenated alkanes) is 2. The molecular weight excluding hydrogens is 617 g/mol. The zero-order valence-corrected chi connectivity index (χ0v) is 26.7. The Bertz CT molecular complexity index is 944. The van der Waals surface area contributed by atoms with Gasteiger partial charge >= 0.3 is 0 Å². The van der Waals surface area contributed by atoms with Gasteiger partial charge in [-0.25, -0.2) is 21.7 Å². The average molecular weight is 657 g/mol. The smallest absolute Gasteiger partial charge is 0.233 e. The third-order valence-electron chi connectivity index (χ3n) is 5.02. The maximum atomic E-state index is 11.8. The first-order valence-electron chi connectivity index (χ1n) is 13.4. The van der Waals surface area contributed by atoms with Gasteiger partial charge in [0.15, 0.2) is 0 Å². The van der Waals surface area contributed by atoms with Crippen LogP contribution in [0.4, 0.5) is 0 Å². The van der Waals surface area contributed by atoms with E-state index in [1.54, 1.807) is 55.6 Å². The molecule has 2 aromatic heterocycles. The first kappa shape index (κ1) is 37.5. The highest BCUT2D eigenvalue weighted by Gasteiger charge is 2.04.